The lowest BCUT2D eigenvalue weighted by Crippen LogP contribution is -2.45. The van der Waals surface area contributed by atoms with Gasteiger partial charge in [-0.1, -0.05) is 0 Å². The van der Waals surface area contributed by atoms with E-state index in [1.807, 2.05) is 11.8 Å². The largest absolute Gasteiger partial charge is 0.353 e. The molecule has 4 N–H and O–H groups in total. The number of carbonyl (C=O) groups is 1. The maximum Gasteiger partial charge on any atom is 0.221 e. The van der Waals surface area contributed by atoms with Gasteiger partial charge in [0.1, 0.15) is 0 Å². The highest BCUT2D eigenvalue weighted by Gasteiger charge is 2.22. The first-order valence-electron chi connectivity index (χ1n) is 6.60. The quantitative estimate of drug-likeness (QED) is 0.687. The predicted molar refractivity (Wildman–Crippen MR) is 72.1 cm³/mol. The molecule has 0 aromatic heterocycles. The molecule has 1 saturated carbocycles. The fourth-order valence-electron chi connectivity index (χ4n) is 2.52. The third-order valence-electron chi connectivity index (χ3n) is 3.57. The average molecular weight is 257 g/mol. The summed E-state index contributed by atoms with van der Waals surface area (Å²) in [4.78, 5) is 11.9. The Morgan fingerprint density at radius 1 is 1.35 bits per heavy atom. The fourth-order valence-corrected chi connectivity index (χ4v) is 3.47. The molecule has 1 atom stereocenters. The van der Waals surface area contributed by atoms with Crippen LogP contribution < -0.4 is 16.4 Å². The van der Waals surface area contributed by atoms with Gasteiger partial charge in [0, 0.05) is 42.6 Å². The molecule has 2 aliphatic rings. The Morgan fingerprint density at radius 2 is 2.12 bits per heavy atom. The molecule has 4 nitrogen and oxygen atoms in total. The molecular formula is C12H23N3OS. The lowest BCUT2D eigenvalue weighted by Gasteiger charge is -2.28. The minimum atomic E-state index is 0.200. The van der Waals surface area contributed by atoms with Crippen LogP contribution in [0, 0.1) is 0 Å². The number of amides is 1. The van der Waals surface area contributed by atoms with Crippen LogP contribution in [0.5, 0.6) is 0 Å². The lowest BCUT2D eigenvalue weighted by atomic mass is 9.92. The van der Waals surface area contributed by atoms with Crippen molar-refractivity contribution in [1.82, 2.24) is 10.6 Å². The standard InChI is InChI=1S/C12H23N3OS/c13-9-1-3-10(4-2-9)15-12(16)7-11-8-17-6-5-14-11/h9-11,14H,1-8,13H2,(H,15,16). The smallest absolute Gasteiger partial charge is 0.221 e. The van der Waals surface area contributed by atoms with E-state index in [0.717, 1.165) is 38.0 Å². The van der Waals surface area contributed by atoms with Crippen molar-refractivity contribution in [2.24, 2.45) is 5.73 Å². The first-order valence-corrected chi connectivity index (χ1v) is 7.75. The van der Waals surface area contributed by atoms with Gasteiger partial charge in [-0.05, 0) is 25.7 Å². The van der Waals surface area contributed by atoms with Gasteiger partial charge >= 0.3 is 0 Å². The van der Waals surface area contributed by atoms with Crippen molar-refractivity contribution in [3.63, 3.8) is 0 Å². The molecule has 0 spiro atoms. The van der Waals surface area contributed by atoms with Crippen molar-refractivity contribution in [2.75, 3.05) is 18.1 Å². The molecule has 0 bridgehead atoms. The summed E-state index contributed by atoms with van der Waals surface area (Å²) in [6.07, 6.45) is 4.79. The molecule has 17 heavy (non-hydrogen) atoms. The summed E-state index contributed by atoms with van der Waals surface area (Å²) in [5.74, 6) is 2.42. The van der Waals surface area contributed by atoms with Crippen molar-refractivity contribution in [2.45, 2.75) is 50.2 Å². The molecule has 1 amide bonds. The van der Waals surface area contributed by atoms with E-state index in [4.69, 9.17) is 5.73 Å². The van der Waals surface area contributed by atoms with E-state index in [1.165, 1.54) is 5.75 Å². The van der Waals surface area contributed by atoms with E-state index < -0.39 is 0 Å². The first-order chi connectivity index (χ1) is 8.24. The van der Waals surface area contributed by atoms with Gasteiger partial charge in [0.2, 0.25) is 5.91 Å². The molecule has 1 aliphatic carbocycles. The molecule has 0 aromatic carbocycles. The summed E-state index contributed by atoms with van der Waals surface area (Å²) in [6.45, 7) is 1.03. The fraction of sp³-hybridized carbons (Fsp3) is 0.917. The molecular weight excluding hydrogens is 234 g/mol. The van der Waals surface area contributed by atoms with Crippen LogP contribution in [0.1, 0.15) is 32.1 Å². The van der Waals surface area contributed by atoms with Crippen LogP contribution in [0.3, 0.4) is 0 Å². The third kappa shape index (κ3) is 4.48. The maximum absolute atomic E-state index is 11.9. The second-order valence-electron chi connectivity index (χ2n) is 5.11. The number of nitrogens with one attached hydrogen (secondary N) is 2. The maximum atomic E-state index is 11.9. The van der Waals surface area contributed by atoms with Gasteiger partial charge in [-0.3, -0.25) is 4.79 Å². The van der Waals surface area contributed by atoms with E-state index >= 15 is 0 Å². The van der Waals surface area contributed by atoms with Gasteiger partial charge in [-0.15, -0.1) is 0 Å². The van der Waals surface area contributed by atoms with Gasteiger partial charge < -0.3 is 16.4 Å². The van der Waals surface area contributed by atoms with Crippen LogP contribution in [-0.2, 0) is 4.79 Å². The number of nitrogens with two attached hydrogens (primary N) is 1. The summed E-state index contributed by atoms with van der Waals surface area (Å²) in [7, 11) is 0. The molecule has 5 heteroatoms. The van der Waals surface area contributed by atoms with Crippen LogP contribution in [-0.4, -0.2) is 42.1 Å². The third-order valence-corrected chi connectivity index (χ3v) is 4.70. The first kappa shape index (κ1) is 13.2. The Kier molecular flexibility index (Phi) is 5.13. The van der Waals surface area contributed by atoms with Crippen molar-refractivity contribution < 1.29 is 4.79 Å². The van der Waals surface area contributed by atoms with E-state index in [0.29, 0.717) is 24.5 Å². The summed E-state index contributed by atoms with van der Waals surface area (Å²) >= 11 is 1.93. The zero-order valence-electron chi connectivity index (χ0n) is 10.3. The van der Waals surface area contributed by atoms with Gasteiger partial charge in [-0.2, -0.15) is 11.8 Å². The highest BCUT2D eigenvalue weighted by molar-refractivity contribution is 7.99. The molecule has 1 aliphatic heterocycles. The van der Waals surface area contributed by atoms with Crippen LogP contribution in [0.15, 0.2) is 0 Å². The lowest BCUT2D eigenvalue weighted by molar-refractivity contribution is -0.122. The normalized spacial score (nSPS) is 34.3. The Labute approximate surface area is 107 Å². The predicted octanol–water partition coefficient (Wildman–Crippen LogP) is 0.468. The Hall–Kier alpha value is -0.260. The number of carbonyl (C=O) groups excluding carboxylic acids is 1. The van der Waals surface area contributed by atoms with Gasteiger partial charge in [0.25, 0.3) is 0 Å². The second kappa shape index (κ2) is 6.61. The van der Waals surface area contributed by atoms with Gasteiger partial charge in [0.05, 0.1) is 0 Å². The van der Waals surface area contributed by atoms with E-state index in [-0.39, 0.29) is 5.91 Å². The molecule has 1 heterocycles. The molecule has 0 radical (unpaired) electrons. The monoisotopic (exact) mass is 257 g/mol. The summed E-state index contributed by atoms with van der Waals surface area (Å²) < 4.78 is 0. The Bertz CT molecular complexity index is 248. The SMILES string of the molecule is NC1CCC(NC(=O)CC2CSCCN2)CC1. The van der Waals surface area contributed by atoms with Crippen molar-refractivity contribution in [3.8, 4) is 0 Å². The van der Waals surface area contributed by atoms with Gasteiger partial charge in [-0.25, -0.2) is 0 Å². The zero-order chi connectivity index (χ0) is 12.1. The van der Waals surface area contributed by atoms with Crippen LogP contribution in [0.2, 0.25) is 0 Å². The highest BCUT2D eigenvalue weighted by atomic mass is 32.2. The van der Waals surface area contributed by atoms with E-state index in [2.05, 4.69) is 10.6 Å². The molecule has 1 unspecified atom stereocenters. The number of rotatable bonds is 3. The van der Waals surface area contributed by atoms with Crippen molar-refractivity contribution in [1.29, 1.82) is 0 Å². The average Bonchev–Trinajstić information content (AvgIpc) is 2.33. The molecule has 98 valence electrons. The Balaban J connectivity index is 1.66. The van der Waals surface area contributed by atoms with E-state index in [1.54, 1.807) is 0 Å². The van der Waals surface area contributed by atoms with Crippen molar-refractivity contribution >= 4 is 17.7 Å². The molecule has 2 rings (SSSR count). The van der Waals surface area contributed by atoms with Crippen molar-refractivity contribution in [3.05, 3.63) is 0 Å². The summed E-state index contributed by atoms with van der Waals surface area (Å²) in [5.41, 5.74) is 5.85. The molecule has 2 fully saturated rings. The summed E-state index contributed by atoms with van der Waals surface area (Å²) in [6, 6.07) is 1.07. The van der Waals surface area contributed by atoms with Crippen LogP contribution in [0.4, 0.5) is 0 Å². The molecule has 1 saturated heterocycles. The van der Waals surface area contributed by atoms with E-state index in [9.17, 15) is 4.79 Å². The van der Waals surface area contributed by atoms with Crippen LogP contribution in [0.25, 0.3) is 0 Å². The Morgan fingerprint density at radius 3 is 2.76 bits per heavy atom. The number of hydrogen-bond acceptors (Lipinski definition) is 4. The minimum absolute atomic E-state index is 0.200. The van der Waals surface area contributed by atoms with Crippen LogP contribution >= 0.6 is 11.8 Å². The number of thioether (sulfide) groups is 1. The zero-order valence-corrected chi connectivity index (χ0v) is 11.1. The molecule has 0 aromatic rings. The number of hydrogen-bond donors (Lipinski definition) is 3. The highest BCUT2D eigenvalue weighted by Crippen LogP contribution is 2.17. The topological polar surface area (TPSA) is 67.1 Å². The van der Waals surface area contributed by atoms with Gasteiger partial charge in [0.15, 0.2) is 0 Å². The summed E-state index contributed by atoms with van der Waals surface area (Å²) in [5, 5.41) is 6.54. The second-order valence-corrected chi connectivity index (χ2v) is 6.26. The minimum Gasteiger partial charge on any atom is -0.353 e.